The number of ether oxygens (including phenoxy) is 4. The van der Waals surface area contributed by atoms with Gasteiger partial charge in [-0.25, -0.2) is 0 Å². The molecule has 0 aromatic heterocycles. The number of methoxy groups -OCH3 is 2. The summed E-state index contributed by atoms with van der Waals surface area (Å²) in [5, 5.41) is 0.855. The Morgan fingerprint density at radius 2 is 1.22 bits per heavy atom. The number of Topliss-reactive ketones (excluding diaryl/α,β-unsaturated/α-hetero) is 1. The van der Waals surface area contributed by atoms with Crippen LogP contribution in [-0.4, -0.2) is 56.7 Å². The molecule has 0 radical (unpaired) electrons. The maximum absolute atomic E-state index is 13.6. The lowest BCUT2D eigenvalue weighted by molar-refractivity contribution is -0.113. The van der Waals surface area contributed by atoms with Crippen molar-refractivity contribution >= 4 is 41.1 Å². The number of benzene rings is 2. The van der Waals surface area contributed by atoms with Crippen LogP contribution in [-0.2, 0) is 4.79 Å². The number of hydrogen-bond donors (Lipinski definition) is 0. The fourth-order valence-corrected chi connectivity index (χ4v) is 4.61. The van der Waals surface area contributed by atoms with Crippen molar-refractivity contribution in [3.05, 3.63) is 56.6 Å². The number of rotatable bonds is 9. The van der Waals surface area contributed by atoms with E-state index in [1.807, 2.05) is 52.0 Å². The maximum Gasteiger partial charge on any atom is 0.187 e. The van der Waals surface area contributed by atoms with Gasteiger partial charge >= 0.3 is 0 Å². The van der Waals surface area contributed by atoms with Gasteiger partial charge in [-0.05, 0) is 81.8 Å². The lowest BCUT2D eigenvalue weighted by atomic mass is 9.94. The number of hydrogen-bond acceptors (Lipinski definition) is 6. The molecular weight excluding hydrogens is 513 g/mol. The summed E-state index contributed by atoms with van der Waals surface area (Å²) in [6, 6.07) is 7.23. The Morgan fingerprint density at radius 3 is 1.54 bits per heavy atom. The van der Waals surface area contributed by atoms with Crippen LogP contribution >= 0.6 is 23.2 Å². The minimum Gasteiger partial charge on any atom is -0.493 e. The van der Waals surface area contributed by atoms with Crippen LogP contribution in [0.1, 0.15) is 45.7 Å². The highest BCUT2D eigenvalue weighted by Crippen LogP contribution is 2.39. The molecule has 200 valence electrons. The molecule has 0 aliphatic carbocycles. The molecule has 1 aliphatic rings. The Balaban J connectivity index is 2.01. The van der Waals surface area contributed by atoms with Crippen molar-refractivity contribution in [1.82, 2.24) is 4.90 Å². The molecule has 0 spiro atoms. The third-order valence-electron chi connectivity index (χ3n) is 5.71. The van der Waals surface area contributed by atoms with Gasteiger partial charge in [-0.3, -0.25) is 9.69 Å². The first-order chi connectivity index (χ1) is 17.6. The fourth-order valence-electron chi connectivity index (χ4n) is 4.08. The number of nitrogens with zero attached hydrogens (tertiary/aromatic N) is 1. The standard InChI is InChI=1S/C29H35Cl2NO5/c1-8-32-15-21(9-19-11-23(30)28(36-17(2)3)25(13-19)34-6)27(33)22(16-32)10-20-12-24(31)29(37-18(4)5)26(14-20)35-7/h9-14,17-18H,8,15-16H2,1-7H3/b21-9-,22-10+. The van der Waals surface area contributed by atoms with Crippen molar-refractivity contribution in [3.63, 3.8) is 0 Å². The van der Waals surface area contributed by atoms with Crippen LogP contribution in [0, 0.1) is 0 Å². The van der Waals surface area contributed by atoms with E-state index in [2.05, 4.69) is 11.8 Å². The van der Waals surface area contributed by atoms with Gasteiger partial charge in [-0.2, -0.15) is 0 Å². The molecule has 0 unspecified atom stereocenters. The van der Waals surface area contributed by atoms with Gasteiger partial charge in [0.05, 0.1) is 36.5 Å². The zero-order valence-electron chi connectivity index (χ0n) is 22.5. The first-order valence-electron chi connectivity index (χ1n) is 12.3. The predicted molar refractivity (Wildman–Crippen MR) is 151 cm³/mol. The van der Waals surface area contributed by atoms with E-state index >= 15 is 0 Å². The van der Waals surface area contributed by atoms with Crippen LogP contribution in [0.4, 0.5) is 0 Å². The van der Waals surface area contributed by atoms with E-state index in [4.69, 9.17) is 42.1 Å². The zero-order valence-corrected chi connectivity index (χ0v) is 24.0. The number of carbonyl (C=O) groups is 1. The van der Waals surface area contributed by atoms with Crippen molar-refractivity contribution in [2.45, 2.75) is 46.8 Å². The maximum atomic E-state index is 13.6. The molecule has 0 saturated carbocycles. The Hall–Kier alpha value is -2.67. The van der Waals surface area contributed by atoms with Gasteiger partial charge in [0.25, 0.3) is 0 Å². The molecule has 3 rings (SSSR count). The first-order valence-corrected chi connectivity index (χ1v) is 13.1. The van der Waals surface area contributed by atoms with Crippen molar-refractivity contribution in [2.75, 3.05) is 33.9 Å². The lowest BCUT2D eigenvalue weighted by Crippen LogP contribution is -2.37. The van der Waals surface area contributed by atoms with Crippen molar-refractivity contribution < 1.29 is 23.7 Å². The average molecular weight is 549 g/mol. The van der Waals surface area contributed by atoms with Crippen molar-refractivity contribution in [1.29, 1.82) is 0 Å². The van der Waals surface area contributed by atoms with Crippen LogP contribution in [0.5, 0.6) is 23.0 Å². The number of carbonyl (C=O) groups excluding carboxylic acids is 1. The molecule has 8 heteroatoms. The molecule has 2 aromatic carbocycles. The molecule has 0 N–H and O–H groups in total. The second-order valence-electron chi connectivity index (χ2n) is 9.37. The molecular formula is C29H35Cl2NO5. The average Bonchev–Trinajstić information content (AvgIpc) is 2.83. The van der Waals surface area contributed by atoms with Crippen molar-refractivity contribution in [3.8, 4) is 23.0 Å². The number of halogens is 2. The lowest BCUT2D eigenvalue weighted by Gasteiger charge is -2.28. The highest BCUT2D eigenvalue weighted by Gasteiger charge is 2.26. The van der Waals surface area contributed by atoms with Gasteiger partial charge in [0.2, 0.25) is 0 Å². The largest absolute Gasteiger partial charge is 0.493 e. The topological polar surface area (TPSA) is 57.2 Å². The second kappa shape index (κ2) is 12.7. The van der Waals surface area contributed by atoms with Gasteiger partial charge in [-0.15, -0.1) is 0 Å². The smallest absolute Gasteiger partial charge is 0.187 e. The number of ketones is 1. The molecule has 1 heterocycles. The van der Waals surface area contributed by atoms with Gasteiger partial charge in [0.1, 0.15) is 0 Å². The van der Waals surface area contributed by atoms with Gasteiger partial charge in [0.15, 0.2) is 28.8 Å². The molecule has 0 atom stereocenters. The number of likely N-dealkylation sites (N-methyl/N-ethyl adjacent to an activating group) is 1. The Labute approximate surface area is 229 Å². The molecule has 37 heavy (non-hydrogen) atoms. The summed E-state index contributed by atoms with van der Waals surface area (Å²) in [5.74, 6) is 1.99. The third-order valence-corrected chi connectivity index (χ3v) is 6.27. The first kappa shape index (κ1) is 28.9. The highest BCUT2D eigenvalue weighted by atomic mass is 35.5. The Morgan fingerprint density at radius 1 is 0.811 bits per heavy atom. The summed E-state index contributed by atoms with van der Waals surface area (Å²) in [7, 11) is 3.14. The number of likely N-dealkylation sites (tertiary alicyclic amines) is 1. The summed E-state index contributed by atoms with van der Waals surface area (Å²) in [6.07, 6.45) is 3.61. The van der Waals surface area contributed by atoms with E-state index in [0.717, 1.165) is 17.7 Å². The van der Waals surface area contributed by atoms with E-state index < -0.39 is 0 Å². The van der Waals surface area contributed by atoms with E-state index in [1.165, 1.54) is 0 Å². The predicted octanol–water partition coefficient (Wildman–Crippen LogP) is 6.96. The normalized spacial score (nSPS) is 16.7. The van der Waals surface area contributed by atoms with E-state index in [-0.39, 0.29) is 18.0 Å². The van der Waals surface area contributed by atoms with Gasteiger partial charge < -0.3 is 18.9 Å². The molecule has 0 bridgehead atoms. The van der Waals surface area contributed by atoms with Crippen LogP contribution in [0.25, 0.3) is 12.2 Å². The minimum absolute atomic E-state index is 0.0279. The molecule has 1 aliphatic heterocycles. The molecule has 1 fully saturated rings. The van der Waals surface area contributed by atoms with Crippen LogP contribution in [0.2, 0.25) is 10.0 Å². The molecule has 1 saturated heterocycles. The summed E-state index contributed by atoms with van der Waals surface area (Å²) in [4.78, 5) is 15.8. The Bertz CT molecular complexity index is 1110. The molecule has 2 aromatic rings. The van der Waals surface area contributed by atoms with Crippen LogP contribution in [0.3, 0.4) is 0 Å². The minimum atomic E-state index is -0.0561. The molecule has 0 amide bonds. The van der Waals surface area contributed by atoms with Crippen LogP contribution < -0.4 is 18.9 Å². The summed E-state index contributed by atoms with van der Waals surface area (Å²) in [5.41, 5.74) is 2.85. The zero-order chi connectivity index (χ0) is 27.3. The second-order valence-corrected chi connectivity index (χ2v) is 10.2. The number of piperidine rings is 1. The van der Waals surface area contributed by atoms with Crippen molar-refractivity contribution in [2.24, 2.45) is 0 Å². The van der Waals surface area contributed by atoms with Gasteiger partial charge in [0, 0.05) is 24.2 Å². The quantitative estimate of drug-likeness (QED) is 0.316. The van der Waals surface area contributed by atoms with Crippen LogP contribution in [0.15, 0.2) is 35.4 Å². The fraction of sp³-hybridized carbons (Fsp3) is 0.414. The third kappa shape index (κ3) is 7.22. The highest BCUT2D eigenvalue weighted by molar-refractivity contribution is 6.33. The SMILES string of the molecule is CCN1C/C(=C/c2cc(Cl)c(OC(C)C)c(OC)c2)C(=O)/C(=C/c2cc(Cl)c(OC(C)C)c(OC)c2)C1. The van der Waals surface area contributed by atoms with E-state index in [9.17, 15) is 4.79 Å². The summed E-state index contributed by atoms with van der Waals surface area (Å²) < 4.78 is 22.7. The monoisotopic (exact) mass is 547 g/mol. The van der Waals surface area contributed by atoms with E-state index in [0.29, 0.717) is 57.3 Å². The van der Waals surface area contributed by atoms with E-state index in [1.54, 1.807) is 26.4 Å². The Kier molecular flexibility index (Phi) is 9.93. The summed E-state index contributed by atoms with van der Waals surface area (Å²) >= 11 is 13.0. The summed E-state index contributed by atoms with van der Waals surface area (Å²) in [6.45, 7) is 11.6. The van der Waals surface area contributed by atoms with Gasteiger partial charge in [-0.1, -0.05) is 30.1 Å². The molecule has 6 nitrogen and oxygen atoms in total.